The molecule has 3 rings (SSSR count). The van der Waals surface area contributed by atoms with Crippen LogP contribution in [0.5, 0.6) is 11.5 Å². The van der Waals surface area contributed by atoms with Gasteiger partial charge in [0.25, 0.3) is 11.8 Å². The van der Waals surface area contributed by atoms with E-state index >= 15 is 0 Å². The van der Waals surface area contributed by atoms with Gasteiger partial charge in [-0.2, -0.15) is 0 Å². The number of carbonyl (C=O) groups excluding carboxylic acids is 2. The van der Waals surface area contributed by atoms with Crippen molar-refractivity contribution in [2.45, 2.75) is 12.5 Å². The van der Waals surface area contributed by atoms with Crippen molar-refractivity contribution in [2.24, 2.45) is 0 Å². The highest BCUT2D eigenvalue weighted by atomic mass is 35.5. The molecule has 24 heavy (non-hydrogen) atoms. The van der Waals surface area contributed by atoms with Crippen LogP contribution in [-0.4, -0.2) is 25.0 Å². The molecule has 2 aromatic carbocycles. The lowest BCUT2D eigenvalue weighted by molar-refractivity contribution is -0.128. The summed E-state index contributed by atoms with van der Waals surface area (Å²) in [4.78, 5) is 24.4. The first-order valence-corrected chi connectivity index (χ1v) is 7.64. The maximum Gasteiger partial charge on any atom is 0.279 e. The minimum absolute atomic E-state index is 0.223. The molecule has 2 aromatic rings. The topological polar surface area (TPSA) is 76.7 Å². The Morgan fingerprint density at radius 2 is 2.00 bits per heavy atom. The first-order chi connectivity index (χ1) is 11.6. The fourth-order valence-corrected chi connectivity index (χ4v) is 2.62. The maximum absolute atomic E-state index is 12.2. The number of hydrogen-bond donors (Lipinski definition) is 2. The first-order valence-electron chi connectivity index (χ1n) is 7.27. The number of nitrogens with one attached hydrogen (secondary N) is 2. The molecule has 1 atom stereocenters. The molecule has 6 nitrogen and oxygen atoms in total. The fraction of sp³-hybridized carbons (Fsp3) is 0.176. The Bertz CT molecular complexity index is 769. The number of benzene rings is 2. The van der Waals surface area contributed by atoms with Crippen molar-refractivity contribution in [3.8, 4) is 11.5 Å². The second kappa shape index (κ2) is 6.80. The van der Waals surface area contributed by atoms with E-state index in [1.807, 2.05) is 18.2 Å². The van der Waals surface area contributed by atoms with Crippen molar-refractivity contribution in [2.75, 3.05) is 7.11 Å². The molecule has 0 aromatic heterocycles. The van der Waals surface area contributed by atoms with Gasteiger partial charge < -0.3 is 9.47 Å². The first kappa shape index (κ1) is 16.1. The minimum atomic E-state index is -0.677. The summed E-state index contributed by atoms with van der Waals surface area (Å²) in [6.07, 6.45) is -0.220. The lowest BCUT2D eigenvalue weighted by atomic mass is 10.1. The molecule has 0 spiro atoms. The molecule has 1 heterocycles. The van der Waals surface area contributed by atoms with Gasteiger partial charge in [0.1, 0.15) is 11.5 Å². The molecule has 0 saturated carbocycles. The van der Waals surface area contributed by atoms with Gasteiger partial charge in [-0.05, 0) is 29.8 Å². The van der Waals surface area contributed by atoms with E-state index in [-0.39, 0.29) is 5.56 Å². The third-order valence-electron chi connectivity index (χ3n) is 3.64. The quantitative estimate of drug-likeness (QED) is 0.835. The van der Waals surface area contributed by atoms with Crippen LogP contribution in [0.2, 0.25) is 5.02 Å². The maximum atomic E-state index is 12.2. The molecule has 124 valence electrons. The summed E-state index contributed by atoms with van der Waals surface area (Å²) in [6.45, 7) is 0. The second-order valence-electron chi connectivity index (χ2n) is 5.21. The Kier molecular flexibility index (Phi) is 4.57. The number of para-hydroxylation sites is 1. The van der Waals surface area contributed by atoms with Gasteiger partial charge in [-0.25, -0.2) is 0 Å². The third-order valence-corrected chi connectivity index (χ3v) is 3.88. The normalized spacial score (nSPS) is 15.2. The van der Waals surface area contributed by atoms with Crippen LogP contribution in [-0.2, 0) is 11.2 Å². The molecule has 0 bridgehead atoms. The molecule has 7 heteroatoms. The second-order valence-corrected chi connectivity index (χ2v) is 5.64. The van der Waals surface area contributed by atoms with Crippen LogP contribution >= 0.6 is 11.6 Å². The van der Waals surface area contributed by atoms with Crippen molar-refractivity contribution >= 4 is 23.4 Å². The Morgan fingerprint density at radius 3 is 2.75 bits per heavy atom. The summed E-state index contributed by atoms with van der Waals surface area (Å²) in [7, 11) is 1.45. The largest absolute Gasteiger partial charge is 0.496 e. The lowest BCUT2D eigenvalue weighted by Crippen LogP contribution is -2.47. The SMILES string of the molecule is COc1ccc(Cl)cc1C(=O)NNC(=O)C1Cc2ccccc2O1. The average Bonchev–Trinajstić information content (AvgIpc) is 3.03. The van der Waals surface area contributed by atoms with E-state index in [1.54, 1.807) is 18.2 Å². The molecule has 0 saturated heterocycles. The fourth-order valence-electron chi connectivity index (χ4n) is 2.45. The van der Waals surface area contributed by atoms with Crippen molar-refractivity contribution in [3.63, 3.8) is 0 Å². The van der Waals surface area contributed by atoms with E-state index in [2.05, 4.69) is 10.9 Å². The number of methoxy groups -OCH3 is 1. The van der Waals surface area contributed by atoms with Crippen molar-refractivity contribution in [3.05, 3.63) is 58.6 Å². The van der Waals surface area contributed by atoms with Gasteiger partial charge in [0, 0.05) is 11.4 Å². The monoisotopic (exact) mass is 346 g/mol. The standard InChI is InChI=1S/C17H15ClN2O4/c1-23-14-7-6-11(18)9-12(14)16(21)19-20-17(22)15-8-10-4-2-3-5-13(10)24-15/h2-7,9,15H,8H2,1H3,(H,19,21)(H,20,22). The van der Waals surface area contributed by atoms with E-state index in [4.69, 9.17) is 21.1 Å². The van der Waals surface area contributed by atoms with Crippen LogP contribution in [0.15, 0.2) is 42.5 Å². The number of fused-ring (bicyclic) bond motifs is 1. The van der Waals surface area contributed by atoms with Gasteiger partial charge >= 0.3 is 0 Å². The molecular formula is C17H15ClN2O4. The van der Waals surface area contributed by atoms with E-state index in [1.165, 1.54) is 13.2 Å². The Labute approximate surface area is 143 Å². The summed E-state index contributed by atoms with van der Waals surface area (Å²) in [6, 6.07) is 12.1. The molecule has 0 aliphatic carbocycles. The lowest BCUT2D eigenvalue weighted by Gasteiger charge is -2.13. The van der Waals surface area contributed by atoms with Crippen LogP contribution in [0, 0.1) is 0 Å². The predicted octanol–water partition coefficient (Wildman–Crippen LogP) is 2.11. The van der Waals surface area contributed by atoms with Gasteiger partial charge in [0.05, 0.1) is 12.7 Å². The number of amides is 2. The number of ether oxygens (including phenoxy) is 2. The Balaban J connectivity index is 1.61. The molecule has 1 aliphatic heterocycles. The van der Waals surface area contributed by atoms with Crippen LogP contribution < -0.4 is 20.3 Å². The highest BCUT2D eigenvalue weighted by Gasteiger charge is 2.29. The van der Waals surface area contributed by atoms with E-state index in [0.29, 0.717) is 22.9 Å². The van der Waals surface area contributed by atoms with Crippen LogP contribution in [0.25, 0.3) is 0 Å². The molecule has 2 amide bonds. The summed E-state index contributed by atoms with van der Waals surface area (Å²) < 4.78 is 10.7. The van der Waals surface area contributed by atoms with Gasteiger partial charge in [-0.1, -0.05) is 29.8 Å². The van der Waals surface area contributed by atoms with Gasteiger partial charge in [-0.3, -0.25) is 20.4 Å². The van der Waals surface area contributed by atoms with Gasteiger partial charge in [0.2, 0.25) is 0 Å². The van der Waals surface area contributed by atoms with Gasteiger partial charge in [0.15, 0.2) is 6.10 Å². The van der Waals surface area contributed by atoms with E-state index < -0.39 is 17.9 Å². The summed E-state index contributed by atoms with van der Waals surface area (Å²) in [5.74, 6) is 0.0786. The molecule has 0 radical (unpaired) electrons. The summed E-state index contributed by atoms with van der Waals surface area (Å²) in [5, 5.41) is 0.391. The Hall–Kier alpha value is -2.73. The zero-order valence-electron chi connectivity index (χ0n) is 12.8. The number of carbonyl (C=O) groups is 2. The highest BCUT2D eigenvalue weighted by Crippen LogP contribution is 2.28. The molecule has 1 unspecified atom stereocenters. The average molecular weight is 347 g/mol. The smallest absolute Gasteiger partial charge is 0.279 e. The summed E-state index contributed by atoms with van der Waals surface area (Å²) in [5.41, 5.74) is 5.90. The van der Waals surface area contributed by atoms with Crippen molar-refractivity contribution in [1.82, 2.24) is 10.9 Å². The zero-order valence-corrected chi connectivity index (χ0v) is 13.6. The number of hydrazine groups is 1. The van der Waals surface area contributed by atoms with E-state index in [0.717, 1.165) is 5.56 Å². The van der Waals surface area contributed by atoms with Crippen LogP contribution in [0.3, 0.4) is 0 Å². The van der Waals surface area contributed by atoms with Gasteiger partial charge in [-0.15, -0.1) is 0 Å². The van der Waals surface area contributed by atoms with Crippen molar-refractivity contribution in [1.29, 1.82) is 0 Å². The molecule has 0 fully saturated rings. The van der Waals surface area contributed by atoms with Crippen molar-refractivity contribution < 1.29 is 19.1 Å². The molecule has 1 aliphatic rings. The zero-order chi connectivity index (χ0) is 17.1. The number of rotatable bonds is 3. The predicted molar refractivity (Wildman–Crippen MR) is 88.2 cm³/mol. The minimum Gasteiger partial charge on any atom is -0.496 e. The van der Waals surface area contributed by atoms with Crippen LogP contribution in [0.1, 0.15) is 15.9 Å². The third kappa shape index (κ3) is 3.28. The van der Waals surface area contributed by atoms with E-state index in [9.17, 15) is 9.59 Å². The molecule has 2 N–H and O–H groups in total. The van der Waals surface area contributed by atoms with Crippen LogP contribution in [0.4, 0.5) is 0 Å². The number of hydrogen-bond acceptors (Lipinski definition) is 4. The Morgan fingerprint density at radius 1 is 1.21 bits per heavy atom. The number of halogens is 1. The molecular weight excluding hydrogens is 332 g/mol. The summed E-state index contributed by atoms with van der Waals surface area (Å²) >= 11 is 5.89. The highest BCUT2D eigenvalue weighted by molar-refractivity contribution is 6.31.